The van der Waals surface area contributed by atoms with E-state index in [4.69, 9.17) is 0 Å². The summed E-state index contributed by atoms with van der Waals surface area (Å²) >= 11 is 0. The lowest BCUT2D eigenvalue weighted by atomic mass is 10.0. The molecular formula is C14H19FN4. The third kappa shape index (κ3) is 3.61. The van der Waals surface area contributed by atoms with Crippen LogP contribution in [0.3, 0.4) is 0 Å². The first kappa shape index (κ1) is 13.7. The molecule has 2 rings (SSSR count). The minimum Gasteiger partial charge on any atom is -0.309 e. The summed E-state index contributed by atoms with van der Waals surface area (Å²) in [5.74, 6) is -0.250. The van der Waals surface area contributed by atoms with Crippen molar-refractivity contribution >= 4 is 0 Å². The van der Waals surface area contributed by atoms with E-state index in [-0.39, 0.29) is 11.9 Å². The van der Waals surface area contributed by atoms with Crippen LogP contribution in [0.4, 0.5) is 4.39 Å². The lowest BCUT2D eigenvalue weighted by Crippen LogP contribution is -2.23. The first-order chi connectivity index (χ1) is 9.20. The number of aromatic nitrogens is 3. The Morgan fingerprint density at radius 1 is 1.47 bits per heavy atom. The van der Waals surface area contributed by atoms with Crippen LogP contribution >= 0.6 is 0 Å². The predicted molar refractivity (Wildman–Crippen MR) is 72.1 cm³/mol. The molecule has 0 bridgehead atoms. The van der Waals surface area contributed by atoms with E-state index in [1.54, 1.807) is 16.9 Å². The molecule has 2 aromatic heterocycles. The molecular weight excluding hydrogens is 243 g/mol. The van der Waals surface area contributed by atoms with Crippen LogP contribution < -0.4 is 5.32 Å². The summed E-state index contributed by atoms with van der Waals surface area (Å²) < 4.78 is 15.6. The molecule has 5 heteroatoms. The van der Waals surface area contributed by atoms with E-state index in [1.807, 2.05) is 26.4 Å². The number of hydrogen-bond acceptors (Lipinski definition) is 3. The van der Waals surface area contributed by atoms with Crippen LogP contribution in [0.2, 0.25) is 0 Å². The van der Waals surface area contributed by atoms with Crippen LogP contribution in [0.25, 0.3) is 0 Å². The van der Waals surface area contributed by atoms with Crippen molar-refractivity contribution in [1.29, 1.82) is 0 Å². The fourth-order valence-electron chi connectivity index (χ4n) is 2.15. The molecule has 0 fully saturated rings. The normalized spacial score (nSPS) is 12.6. The van der Waals surface area contributed by atoms with Crippen molar-refractivity contribution in [3.8, 4) is 0 Å². The van der Waals surface area contributed by atoms with Crippen LogP contribution in [-0.4, -0.2) is 21.3 Å². The summed E-state index contributed by atoms with van der Waals surface area (Å²) in [6.45, 7) is 2.80. The fourth-order valence-corrected chi connectivity index (χ4v) is 2.15. The summed E-state index contributed by atoms with van der Waals surface area (Å²) in [7, 11) is 1.89. The largest absolute Gasteiger partial charge is 0.309 e. The van der Waals surface area contributed by atoms with Crippen molar-refractivity contribution in [3.05, 3.63) is 47.8 Å². The Morgan fingerprint density at radius 2 is 2.32 bits per heavy atom. The average molecular weight is 262 g/mol. The second kappa shape index (κ2) is 6.43. The van der Waals surface area contributed by atoms with Crippen molar-refractivity contribution in [2.75, 3.05) is 6.54 Å². The van der Waals surface area contributed by atoms with Gasteiger partial charge < -0.3 is 5.32 Å². The molecule has 0 spiro atoms. The monoisotopic (exact) mass is 262 g/mol. The molecule has 0 amide bonds. The molecule has 2 aromatic rings. The van der Waals surface area contributed by atoms with Crippen LogP contribution in [-0.2, 0) is 13.5 Å². The molecule has 0 radical (unpaired) electrons. The maximum Gasteiger partial charge on any atom is 0.146 e. The topological polar surface area (TPSA) is 42.7 Å². The molecule has 19 heavy (non-hydrogen) atoms. The van der Waals surface area contributed by atoms with Crippen LogP contribution in [0, 0.1) is 5.82 Å². The van der Waals surface area contributed by atoms with Gasteiger partial charge in [-0.25, -0.2) is 4.39 Å². The molecule has 1 unspecified atom stereocenters. The fraction of sp³-hybridized carbons (Fsp3) is 0.429. The molecule has 2 heterocycles. The molecule has 102 valence electrons. The van der Waals surface area contributed by atoms with E-state index in [9.17, 15) is 4.39 Å². The van der Waals surface area contributed by atoms with Gasteiger partial charge in [0.15, 0.2) is 0 Å². The lowest BCUT2D eigenvalue weighted by molar-refractivity contribution is 0.471. The van der Waals surface area contributed by atoms with Gasteiger partial charge in [-0.1, -0.05) is 6.92 Å². The van der Waals surface area contributed by atoms with Gasteiger partial charge in [0.2, 0.25) is 0 Å². The third-order valence-electron chi connectivity index (χ3n) is 3.05. The predicted octanol–water partition coefficient (Wildman–Crippen LogP) is 2.24. The van der Waals surface area contributed by atoms with Crippen molar-refractivity contribution in [2.45, 2.75) is 25.8 Å². The first-order valence-corrected chi connectivity index (χ1v) is 6.52. The zero-order chi connectivity index (χ0) is 13.7. The van der Waals surface area contributed by atoms with Gasteiger partial charge in [0.25, 0.3) is 0 Å². The van der Waals surface area contributed by atoms with Crippen LogP contribution in [0.1, 0.15) is 30.6 Å². The maximum atomic E-state index is 13.8. The molecule has 4 nitrogen and oxygen atoms in total. The zero-order valence-corrected chi connectivity index (χ0v) is 11.3. The van der Waals surface area contributed by atoms with Gasteiger partial charge in [-0.2, -0.15) is 5.10 Å². The first-order valence-electron chi connectivity index (χ1n) is 6.52. The number of hydrogen-bond donors (Lipinski definition) is 1. The molecule has 0 aliphatic carbocycles. The number of rotatable bonds is 6. The van der Waals surface area contributed by atoms with E-state index in [0.717, 1.165) is 24.9 Å². The summed E-state index contributed by atoms with van der Waals surface area (Å²) in [5, 5.41) is 7.42. The Labute approximate surface area is 112 Å². The molecule has 0 saturated heterocycles. The highest BCUT2D eigenvalue weighted by Crippen LogP contribution is 2.19. The van der Waals surface area contributed by atoms with Gasteiger partial charge in [0.05, 0.1) is 17.9 Å². The SMILES string of the molecule is CCNC(CCc1cnn(C)c1)c1ncccc1F. The zero-order valence-electron chi connectivity index (χ0n) is 11.3. The molecule has 0 aromatic carbocycles. The van der Waals surface area contributed by atoms with E-state index in [1.165, 1.54) is 6.07 Å². The Hall–Kier alpha value is -1.75. The standard InChI is InChI=1S/C14H19FN4/c1-3-16-13(14-12(15)5-4-8-17-14)7-6-11-9-18-19(2)10-11/h4-5,8-10,13,16H,3,6-7H2,1-2H3. The highest BCUT2D eigenvalue weighted by atomic mass is 19.1. The summed E-state index contributed by atoms with van der Waals surface area (Å²) in [6.07, 6.45) is 7.11. The number of pyridine rings is 1. The molecule has 1 atom stereocenters. The average Bonchev–Trinajstić information content (AvgIpc) is 2.81. The van der Waals surface area contributed by atoms with Gasteiger partial charge in [0.1, 0.15) is 5.82 Å². The highest BCUT2D eigenvalue weighted by Gasteiger charge is 2.16. The van der Waals surface area contributed by atoms with Crippen molar-refractivity contribution in [3.63, 3.8) is 0 Å². The van der Waals surface area contributed by atoms with Gasteiger partial charge in [-0.15, -0.1) is 0 Å². The maximum absolute atomic E-state index is 13.8. The van der Waals surface area contributed by atoms with Crippen molar-refractivity contribution in [2.24, 2.45) is 7.05 Å². The number of nitrogens with zero attached hydrogens (tertiary/aromatic N) is 3. The van der Waals surface area contributed by atoms with Crippen molar-refractivity contribution in [1.82, 2.24) is 20.1 Å². The number of nitrogens with one attached hydrogen (secondary N) is 1. The van der Waals surface area contributed by atoms with E-state index < -0.39 is 0 Å². The van der Waals surface area contributed by atoms with Crippen molar-refractivity contribution < 1.29 is 4.39 Å². The van der Waals surface area contributed by atoms with Gasteiger partial charge >= 0.3 is 0 Å². The second-order valence-electron chi connectivity index (χ2n) is 4.54. The summed E-state index contributed by atoms with van der Waals surface area (Å²) in [5.41, 5.74) is 1.65. The van der Waals surface area contributed by atoms with Crippen LogP contribution in [0.15, 0.2) is 30.7 Å². The quantitative estimate of drug-likeness (QED) is 0.868. The Kier molecular flexibility index (Phi) is 4.63. The third-order valence-corrected chi connectivity index (χ3v) is 3.05. The van der Waals surface area contributed by atoms with Gasteiger partial charge in [0, 0.05) is 19.4 Å². The second-order valence-corrected chi connectivity index (χ2v) is 4.54. The Bertz CT molecular complexity index is 524. The number of aryl methyl sites for hydroxylation is 2. The minimum absolute atomic E-state index is 0.0635. The Balaban J connectivity index is 2.06. The molecule has 0 aliphatic rings. The minimum atomic E-state index is -0.250. The van der Waals surface area contributed by atoms with E-state index in [2.05, 4.69) is 15.4 Å². The molecule has 1 N–H and O–H groups in total. The number of halogens is 1. The van der Waals surface area contributed by atoms with Gasteiger partial charge in [-0.3, -0.25) is 9.67 Å². The Morgan fingerprint density at radius 3 is 2.95 bits per heavy atom. The van der Waals surface area contributed by atoms with Crippen LogP contribution in [0.5, 0.6) is 0 Å². The smallest absolute Gasteiger partial charge is 0.146 e. The van der Waals surface area contributed by atoms with E-state index >= 15 is 0 Å². The van der Waals surface area contributed by atoms with E-state index in [0.29, 0.717) is 5.69 Å². The van der Waals surface area contributed by atoms with Gasteiger partial charge in [-0.05, 0) is 37.1 Å². The molecule has 0 saturated carbocycles. The highest BCUT2D eigenvalue weighted by molar-refractivity contribution is 5.13. The molecule has 0 aliphatic heterocycles. The summed E-state index contributed by atoms with van der Waals surface area (Å²) in [6, 6.07) is 3.01. The lowest BCUT2D eigenvalue weighted by Gasteiger charge is -2.17. The summed E-state index contributed by atoms with van der Waals surface area (Å²) in [4.78, 5) is 4.16.